The van der Waals surface area contributed by atoms with Crippen molar-refractivity contribution >= 4 is 40.7 Å². The van der Waals surface area contributed by atoms with Crippen molar-refractivity contribution in [3.8, 4) is 0 Å². The number of carbonyl (C=O) groups is 2. The molecule has 0 aliphatic carbocycles. The molecule has 0 bridgehead atoms. The molecular weight excluding hydrogens is 469 g/mol. The fourth-order valence-electron chi connectivity index (χ4n) is 4.09. The Morgan fingerprint density at radius 1 is 0.853 bits per heavy atom. The SMILES string of the molecule is Cc1ccccc1CNC(=O)c1ccc(N2CCN(C(=O)Cc3c(Cl)cccc3Cl)CC2)cc1. The molecule has 1 heterocycles. The van der Waals surface area contributed by atoms with Crippen LogP contribution >= 0.6 is 23.2 Å². The van der Waals surface area contributed by atoms with E-state index in [2.05, 4.69) is 10.2 Å². The van der Waals surface area contributed by atoms with E-state index in [0.29, 0.717) is 40.8 Å². The second-order valence-electron chi connectivity index (χ2n) is 8.40. The monoisotopic (exact) mass is 495 g/mol. The molecule has 1 saturated heterocycles. The van der Waals surface area contributed by atoms with Crippen molar-refractivity contribution < 1.29 is 9.59 Å². The van der Waals surface area contributed by atoms with Gasteiger partial charge in [-0.3, -0.25) is 9.59 Å². The first-order valence-electron chi connectivity index (χ1n) is 11.3. The van der Waals surface area contributed by atoms with Gasteiger partial charge in [0.1, 0.15) is 0 Å². The highest BCUT2D eigenvalue weighted by Gasteiger charge is 2.23. The molecule has 0 radical (unpaired) electrons. The maximum atomic E-state index is 12.8. The van der Waals surface area contributed by atoms with Crippen LogP contribution in [0.3, 0.4) is 0 Å². The molecule has 1 aliphatic rings. The summed E-state index contributed by atoms with van der Waals surface area (Å²) >= 11 is 12.4. The largest absolute Gasteiger partial charge is 0.368 e. The lowest BCUT2D eigenvalue weighted by atomic mass is 10.1. The third kappa shape index (κ3) is 5.72. The van der Waals surface area contributed by atoms with Gasteiger partial charge in [-0.25, -0.2) is 0 Å². The minimum Gasteiger partial charge on any atom is -0.368 e. The average Bonchev–Trinajstić information content (AvgIpc) is 2.86. The van der Waals surface area contributed by atoms with Gasteiger partial charge < -0.3 is 15.1 Å². The van der Waals surface area contributed by atoms with Crippen LogP contribution in [0.2, 0.25) is 10.0 Å². The Kier molecular flexibility index (Phi) is 7.76. The maximum absolute atomic E-state index is 12.8. The molecule has 1 aliphatic heterocycles. The van der Waals surface area contributed by atoms with Crippen molar-refractivity contribution in [1.82, 2.24) is 10.2 Å². The predicted octanol–water partition coefficient (Wildman–Crippen LogP) is 5.12. The van der Waals surface area contributed by atoms with E-state index in [4.69, 9.17) is 23.2 Å². The van der Waals surface area contributed by atoms with E-state index in [1.165, 1.54) is 0 Å². The van der Waals surface area contributed by atoms with Gasteiger partial charge in [-0.15, -0.1) is 0 Å². The molecule has 0 atom stereocenters. The number of halogens is 2. The molecule has 34 heavy (non-hydrogen) atoms. The molecular formula is C27H27Cl2N3O2. The first kappa shape index (κ1) is 24.1. The molecule has 1 fully saturated rings. The molecule has 3 aromatic carbocycles. The summed E-state index contributed by atoms with van der Waals surface area (Å²) in [5.74, 6) is -0.0706. The summed E-state index contributed by atoms with van der Waals surface area (Å²) in [6.45, 7) is 5.24. The number of benzene rings is 3. The average molecular weight is 496 g/mol. The van der Waals surface area contributed by atoms with Gasteiger partial charge in [0.25, 0.3) is 5.91 Å². The van der Waals surface area contributed by atoms with E-state index in [1.54, 1.807) is 18.2 Å². The minimum atomic E-state index is -0.0940. The van der Waals surface area contributed by atoms with Crippen molar-refractivity contribution in [2.75, 3.05) is 31.1 Å². The van der Waals surface area contributed by atoms with E-state index >= 15 is 0 Å². The van der Waals surface area contributed by atoms with Crippen molar-refractivity contribution in [2.45, 2.75) is 19.9 Å². The number of carbonyl (C=O) groups excluding carboxylic acids is 2. The number of rotatable bonds is 6. The van der Waals surface area contributed by atoms with E-state index in [1.807, 2.05) is 60.4 Å². The molecule has 3 aromatic rings. The molecule has 7 heteroatoms. The summed E-state index contributed by atoms with van der Waals surface area (Å²) in [5, 5.41) is 4.02. The van der Waals surface area contributed by atoms with Gasteiger partial charge in [0, 0.05) is 54.0 Å². The van der Waals surface area contributed by atoms with Crippen LogP contribution in [0.1, 0.15) is 27.0 Å². The summed E-state index contributed by atoms with van der Waals surface area (Å²) in [5.41, 5.74) is 4.61. The van der Waals surface area contributed by atoms with Crippen LogP contribution in [0.15, 0.2) is 66.7 Å². The lowest BCUT2D eigenvalue weighted by Crippen LogP contribution is -2.49. The molecule has 0 aromatic heterocycles. The van der Waals surface area contributed by atoms with Gasteiger partial charge in [-0.1, -0.05) is 53.5 Å². The smallest absolute Gasteiger partial charge is 0.251 e. The van der Waals surface area contributed by atoms with E-state index in [0.717, 1.165) is 29.9 Å². The summed E-state index contributed by atoms with van der Waals surface area (Å²) < 4.78 is 0. The zero-order valence-electron chi connectivity index (χ0n) is 19.1. The van der Waals surface area contributed by atoms with E-state index in [9.17, 15) is 9.59 Å². The Morgan fingerprint density at radius 3 is 2.15 bits per heavy atom. The van der Waals surface area contributed by atoms with Crippen molar-refractivity contribution in [1.29, 1.82) is 0 Å². The number of amides is 2. The van der Waals surface area contributed by atoms with Gasteiger partial charge in [0.15, 0.2) is 0 Å². The first-order chi connectivity index (χ1) is 16.4. The fourth-order valence-corrected chi connectivity index (χ4v) is 4.62. The number of anilines is 1. The van der Waals surface area contributed by atoms with Gasteiger partial charge in [0.2, 0.25) is 5.91 Å². The molecule has 0 unspecified atom stereocenters. The molecule has 176 valence electrons. The van der Waals surface area contributed by atoms with Crippen LogP contribution in [0.4, 0.5) is 5.69 Å². The van der Waals surface area contributed by atoms with Gasteiger partial charge in [0.05, 0.1) is 6.42 Å². The Morgan fingerprint density at radius 2 is 1.50 bits per heavy atom. The standard InChI is InChI=1S/C27H27Cl2N3O2/c1-19-5-2-3-6-21(19)18-30-27(34)20-9-11-22(12-10-20)31-13-15-32(16-14-31)26(33)17-23-24(28)7-4-8-25(23)29/h2-12H,13-18H2,1H3,(H,30,34). The summed E-state index contributed by atoms with van der Waals surface area (Å²) in [4.78, 5) is 29.4. The third-order valence-corrected chi connectivity index (χ3v) is 6.93. The number of nitrogens with one attached hydrogen (secondary N) is 1. The molecule has 0 saturated carbocycles. The highest BCUT2D eigenvalue weighted by atomic mass is 35.5. The Bertz CT molecular complexity index is 1150. The van der Waals surface area contributed by atoms with Crippen LogP contribution in [0.5, 0.6) is 0 Å². The zero-order chi connectivity index (χ0) is 24.1. The summed E-state index contributed by atoms with van der Waals surface area (Å²) in [6, 6.07) is 20.9. The maximum Gasteiger partial charge on any atom is 0.251 e. The number of hydrogen-bond acceptors (Lipinski definition) is 3. The predicted molar refractivity (Wildman–Crippen MR) is 138 cm³/mol. The first-order valence-corrected chi connectivity index (χ1v) is 12.1. The van der Waals surface area contributed by atoms with Crippen molar-refractivity contribution in [3.05, 3.63) is 99.0 Å². The summed E-state index contributed by atoms with van der Waals surface area (Å²) in [7, 11) is 0. The third-order valence-electron chi connectivity index (χ3n) is 6.22. The number of hydrogen-bond donors (Lipinski definition) is 1. The number of aryl methyl sites for hydroxylation is 1. The normalized spacial score (nSPS) is 13.6. The topological polar surface area (TPSA) is 52.7 Å². The number of nitrogens with zero attached hydrogens (tertiary/aromatic N) is 2. The minimum absolute atomic E-state index is 0.0234. The highest BCUT2D eigenvalue weighted by Crippen LogP contribution is 2.25. The van der Waals surface area contributed by atoms with E-state index < -0.39 is 0 Å². The van der Waals surface area contributed by atoms with Crippen LogP contribution < -0.4 is 10.2 Å². The fraction of sp³-hybridized carbons (Fsp3) is 0.259. The highest BCUT2D eigenvalue weighted by molar-refractivity contribution is 6.36. The molecule has 5 nitrogen and oxygen atoms in total. The second kappa shape index (κ2) is 10.9. The molecule has 2 amide bonds. The van der Waals surface area contributed by atoms with Crippen molar-refractivity contribution in [3.63, 3.8) is 0 Å². The van der Waals surface area contributed by atoms with Crippen LogP contribution in [-0.4, -0.2) is 42.9 Å². The van der Waals surface area contributed by atoms with Crippen LogP contribution in [-0.2, 0) is 17.8 Å². The Balaban J connectivity index is 1.29. The second-order valence-corrected chi connectivity index (χ2v) is 9.22. The summed E-state index contributed by atoms with van der Waals surface area (Å²) in [6.07, 6.45) is 0.199. The van der Waals surface area contributed by atoms with Gasteiger partial charge >= 0.3 is 0 Å². The lowest BCUT2D eigenvalue weighted by Gasteiger charge is -2.36. The van der Waals surface area contributed by atoms with E-state index in [-0.39, 0.29) is 18.2 Å². The van der Waals surface area contributed by atoms with Crippen LogP contribution in [0.25, 0.3) is 0 Å². The van der Waals surface area contributed by atoms with Gasteiger partial charge in [-0.2, -0.15) is 0 Å². The lowest BCUT2D eigenvalue weighted by molar-refractivity contribution is -0.130. The Labute approximate surface area is 210 Å². The van der Waals surface area contributed by atoms with Gasteiger partial charge in [-0.05, 0) is 60.0 Å². The zero-order valence-corrected chi connectivity index (χ0v) is 20.6. The molecule has 4 rings (SSSR count). The molecule has 1 N–H and O–H groups in total. The van der Waals surface area contributed by atoms with Crippen LogP contribution in [0, 0.1) is 6.92 Å². The Hall–Kier alpha value is -3.02. The quantitative estimate of drug-likeness (QED) is 0.515. The molecule has 0 spiro atoms. The van der Waals surface area contributed by atoms with Crippen molar-refractivity contribution in [2.24, 2.45) is 0 Å². The number of piperazine rings is 1.